The van der Waals surface area contributed by atoms with E-state index in [1.807, 2.05) is 18.2 Å². The van der Waals surface area contributed by atoms with Gasteiger partial charge in [-0.05, 0) is 36.1 Å². The van der Waals surface area contributed by atoms with Crippen LogP contribution in [0.4, 0.5) is 4.39 Å². The molecule has 1 aliphatic rings. The molecule has 0 aromatic heterocycles. The SMILES string of the molecule is O=C(C[S@](=O)Cc1cccc(F)c1)NCC1(c2ccccc2)CC1. The van der Waals surface area contributed by atoms with Crippen molar-refractivity contribution in [3.63, 3.8) is 0 Å². The Morgan fingerprint density at radius 1 is 1.12 bits per heavy atom. The molecular weight excluding hydrogens is 325 g/mol. The zero-order chi connectivity index (χ0) is 17.0. The number of benzene rings is 2. The average Bonchev–Trinajstić information content (AvgIpc) is 3.35. The highest BCUT2D eigenvalue weighted by molar-refractivity contribution is 7.84. The minimum absolute atomic E-state index is 0.0426. The molecule has 0 spiro atoms. The Morgan fingerprint density at radius 3 is 2.54 bits per heavy atom. The summed E-state index contributed by atoms with van der Waals surface area (Å²) in [5.74, 6) is -0.435. The van der Waals surface area contributed by atoms with Crippen LogP contribution < -0.4 is 5.32 Å². The van der Waals surface area contributed by atoms with E-state index in [0.29, 0.717) is 12.1 Å². The topological polar surface area (TPSA) is 46.2 Å². The Morgan fingerprint density at radius 2 is 1.88 bits per heavy atom. The van der Waals surface area contributed by atoms with Gasteiger partial charge in [-0.3, -0.25) is 9.00 Å². The van der Waals surface area contributed by atoms with E-state index < -0.39 is 10.8 Å². The molecule has 5 heteroatoms. The number of hydrogen-bond donors (Lipinski definition) is 1. The van der Waals surface area contributed by atoms with Gasteiger partial charge in [-0.25, -0.2) is 4.39 Å². The van der Waals surface area contributed by atoms with Gasteiger partial charge in [0.25, 0.3) is 0 Å². The maximum Gasteiger partial charge on any atom is 0.232 e. The molecule has 3 nitrogen and oxygen atoms in total. The first-order chi connectivity index (χ1) is 11.6. The molecule has 1 fully saturated rings. The largest absolute Gasteiger partial charge is 0.354 e. The van der Waals surface area contributed by atoms with E-state index in [2.05, 4.69) is 17.4 Å². The van der Waals surface area contributed by atoms with Crippen LogP contribution in [0.25, 0.3) is 0 Å². The van der Waals surface area contributed by atoms with Crippen molar-refractivity contribution in [1.29, 1.82) is 0 Å². The maximum atomic E-state index is 13.1. The lowest BCUT2D eigenvalue weighted by Gasteiger charge is -2.16. The summed E-state index contributed by atoms with van der Waals surface area (Å²) in [4.78, 5) is 12.0. The highest BCUT2D eigenvalue weighted by Crippen LogP contribution is 2.47. The van der Waals surface area contributed by atoms with Gasteiger partial charge < -0.3 is 5.32 Å². The maximum absolute atomic E-state index is 13.1. The minimum Gasteiger partial charge on any atom is -0.354 e. The Hall–Kier alpha value is -2.01. The molecule has 0 radical (unpaired) electrons. The van der Waals surface area contributed by atoms with E-state index >= 15 is 0 Å². The summed E-state index contributed by atoms with van der Waals surface area (Å²) >= 11 is 0. The fourth-order valence-electron chi connectivity index (χ4n) is 2.84. The van der Waals surface area contributed by atoms with E-state index in [4.69, 9.17) is 0 Å². The van der Waals surface area contributed by atoms with Crippen molar-refractivity contribution in [2.75, 3.05) is 12.3 Å². The smallest absolute Gasteiger partial charge is 0.232 e. The monoisotopic (exact) mass is 345 g/mol. The first-order valence-electron chi connectivity index (χ1n) is 7.99. The van der Waals surface area contributed by atoms with Gasteiger partial charge in [0.1, 0.15) is 11.6 Å². The Balaban J connectivity index is 1.48. The van der Waals surface area contributed by atoms with Crippen LogP contribution in [0, 0.1) is 5.82 Å². The summed E-state index contributed by atoms with van der Waals surface area (Å²) in [7, 11) is -1.34. The van der Waals surface area contributed by atoms with E-state index in [1.165, 1.54) is 17.7 Å². The van der Waals surface area contributed by atoms with E-state index in [9.17, 15) is 13.4 Å². The summed E-state index contributed by atoms with van der Waals surface area (Å²) < 4.78 is 25.2. The van der Waals surface area contributed by atoms with Crippen molar-refractivity contribution in [2.45, 2.75) is 24.0 Å². The molecule has 1 N–H and O–H groups in total. The van der Waals surface area contributed by atoms with Gasteiger partial charge in [0.2, 0.25) is 5.91 Å². The minimum atomic E-state index is -1.34. The lowest BCUT2D eigenvalue weighted by Crippen LogP contribution is -2.35. The summed E-state index contributed by atoms with van der Waals surface area (Å²) in [5, 5.41) is 2.91. The summed E-state index contributed by atoms with van der Waals surface area (Å²) in [6.07, 6.45) is 2.12. The molecule has 0 bridgehead atoms. The number of amides is 1. The van der Waals surface area contributed by atoms with Crippen LogP contribution in [0.2, 0.25) is 0 Å². The Labute approximate surface area is 143 Å². The van der Waals surface area contributed by atoms with Crippen molar-refractivity contribution >= 4 is 16.7 Å². The van der Waals surface area contributed by atoms with Crippen LogP contribution in [0.1, 0.15) is 24.0 Å². The second-order valence-corrected chi connectivity index (χ2v) is 7.74. The van der Waals surface area contributed by atoms with Gasteiger partial charge in [0.15, 0.2) is 0 Å². The van der Waals surface area contributed by atoms with Crippen LogP contribution in [-0.2, 0) is 26.8 Å². The first-order valence-corrected chi connectivity index (χ1v) is 9.48. The van der Waals surface area contributed by atoms with Crippen molar-refractivity contribution in [3.05, 3.63) is 71.5 Å². The van der Waals surface area contributed by atoms with Crippen molar-refractivity contribution in [2.24, 2.45) is 0 Å². The number of rotatable bonds is 7. The molecule has 24 heavy (non-hydrogen) atoms. The molecule has 2 aromatic rings. The molecule has 0 saturated heterocycles. The van der Waals surface area contributed by atoms with Gasteiger partial charge in [0, 0.05) is 28.5 Å². The number of carbonyl (C=O) groups is 1. The van der Waals surface area contributed by atoms with Crippen LogP contribution in [0.5, 0.6) is 0 Å². The van der Waals surface area contributed by atoms with Gasteiger partial charge in [-0.2, -0.15) is 0 Å². The molecule has 0 unspecified atom stereocenters. The highest BCUT2D eigenvalue weighted by atomic mass is 32.2. The highest BCUT2D eigenvalue weighted by Gasteiger charge is 2.44. The lowest BCUT2D eigenvalue weighted by molar-refractivity contribution is -0.118. The van der Waals surface area contributed by atoms with Crippen LogP contribution in [0.15, 0.2) is 54.6 Å². The summed E-state index contributed by atoms with van der Waals surface area (Å²) in [5.41, 5.74) is 1.93. The average molecular weight is 345 g/mol. The van der Waals surface area contributed by atoms with Gasteiger partial charge in [-0.1, -0.05) is 42.5 Å². The Bertz CT molecular complexity index is 744. The molecule has 126 valence electrons. The molecule has 1 aliphatic carbocycles. The van der Waals surface area contributed by atoms with Crippen molar-refractivity contribution in [1.82, 2.24) is 5.32 Å². The second-order valence-electron chi connectivity index (χ2n) is 6.28. The second kappa shape index (κ2) is 7.26. The van der Waals surface area contributed by atoms with Gasteiger partial charge in [-0.15, -0.1) is 0 Å². The third kappa shape index (κ3) is 4.29. The fraction of sp³-hybridized carbons (Fsp3) is 0.316. The fourth-order valence-corrected chi connectivity index (χ4v) is 3.89. The number of nitrogens with one attached hydrogen (secondary N) is 1. The molecule has 1 saturated carbocycles. The third-order valence-corrected chi connectivity index (χ3v) is 5.61. The van der Waals surface area contributed by atoms with E-state index in [0.717, 1.165) is 12.8 Å². The Kier molecular flexibility index (Phi) is 5.09. The van der Waals surface area contributed by atoms with E-state index in [1.54, 1.807) is 12.1 Å². The summed E-state index contributed by atoms with van der Waals surface area (Å²) in [6.45, 7) is 0.576. The molecular formula is C19H20FNO2S. The molecule has 1 amide bonds. The van der Waals surface area contributed by atoms with Crippen LogP contribution in [0.3, 0.4) is 0 Å². The van der Waals surface area contributed by atoms with Gasteiger partial charge >= 0.3 is 0 Å². The van der Waals surface area contributed by atoms with Crippen LogP contribution in [-0.4, -0.2) is 22.4 Å². The molecule has 0 aliphatic heterocycles. The number of carbonyl (C=O) groups excluding carboxylic acids is 1. The zero-order valence-corrected chi connectivity index (χ0v) is 14.2. The number of halogens is 1. The number of hydrogen-bond acceptors (Lipinski definition) is 2. The quantitative estimate of drug-likeness (QED) is 0.839. The van der Waals surface area contributed by atoms with Crippen molar-refractivity contribution < 1.29 is 13.4 Å². The first kappa shape index (κ1) is 16.8. The summed E-state index contributed by atoms with van der Waals surface area (Å²) in [6, 6.07) is 16.2. The lowest BCUT2D eigenvalue weighted by atomic mass is 9.96. The zero-order valence-electron chi connectivity index (χ0n) is 13.3. The normalized spacial score (nSPS) is 16.4. The van der Waals surface area contributed by atoms with Gasteiger partial charge in [0.05, 0.1) is 0 Å². The predicted octanol–water partition coefficient (Wildman–Crippen LogP) is 2.92. The standard InChI is InChI=1S/C19H20FNO2S/c20-17-8-4-5-15(11-17)12-24(23)13-18(22)21-14-19(9-10-19)16-6-2-1-3-7-16/h1-8,11H,9-10,12-14H2,(H,21,22)/t24-/m1/s1. The molecule has 1 atom stereocenters. The predicted molar refractivity (Wildman–Crippen MR) is 93.5 cm³/mol. The van der Waals surface area contributed by atoms with Crippen LogP contribution >= 0.6 is 0 Å². The van der Waals surface area contributed by atoms with Crippen molar-refractivity contribution in [3.8, 4) is 0 Å². The molecule has 2 aromatic carbocycles. The molecule has 0 heterocycles. The van der Waals surface area contributed by atoms with E-state index in [-0.39, 0.29) is 28.6 Å². The molecule has 3 rings (SSSR count). The third-order valence-electron chi connectivity index (χ3n) is 4.37.